The van der Waals surface area contributed by atoms with Crippen molar-refractivity contribution in [2.24, 2.45) is 0 Å². The van der Waals surface area contributed by atoms with Crippen LogP contribution in [0.25, 0.3) is 0 Å². The molecule has 4 heteroatoms. The summed E-state index contributed by atoms with van der Waals surface area (Å²) >= 11 is 0. The molecule has 0 aliphatic carbocycles. The number of aliphatic hydroxyl groups excluding tert-OH is 2. The molecule has 0 bridgehead atoms. The summed E-state index contributed by atoms with van der Waals surface area (Å²) < 4.78 is 11.0. The molecule has 92 valence electrons. The second kappa shape index (κ2) is 5.46. The highest BCUT2D eigenvalue weighted by Gasteiger charge is 2.35. The van der Waals surface area contributed by atoms with Gasteiger partial charge in [-0.2, -0.15) is 0 Å². The minimum absolute atomic E-state index is 0.595. The summed E-state index contributed by atoms with van der Waals surface area (Å²) in [6.07, 6.45) is 1.60. The third kappa shape index (κ3) is 2.57. The van der Waals surface area contributed by atoms with Gasteiger partial charge in [0, 0.05) is 5.56 Å². The lowest BCUT2D eigenvalue weighted by Gasteiger charge is -2.09. The molecule has 0 radical (unpaired) electrons. The van der Waals surface area contributed by atoms with Gasteiger partial charge in [-0.1, -0.05) is 29.8 Å². The van der Waals surface area contributed by atoms with Crippen LogP contribution in [-0.2, 0) is 9.47 Å². The van der Waals surface area contributed by atoms with Crippen molar-refractivity contribution in [3.05, 3.63) is 35.4 Å². The molecule has 0 aromatic heterocycles. The molecule has 2 N–H and O–H groups in total. The molecule has 0 amide bonds. The first-order valence-corrected chi connectivity index (χ1v) is 5.41. The molecule has 2 unspecified atom stereocenters. The van der Waals surface area contributed by atoms with Crippen LogP contribution in [0.2, 0.25) is 0 Å². The zero-order valence-electron chi connectivity index (χ0n) is 9.75. The number of hydrogen-bond acceptors (Lipinski definition) is 4. The van der Waals surface area contributed by atoms with Gasteiger partial charge in [-0.15, -0.1) is 0 Å². The number of aliphatic hydroxyl groups is 2. The van der Waals surface area contributed by atoms with E-state index in [1.165, 1.54) is 0 Å². The minimum Gasteiger partial charge on any atom is -0.462 e. The fraction of sp³-hybridized carbons (Fsp3) is 0.286. The summed E-state index contributed by atoms with van der Waals surface area (Å²) in [6, 6.07) is 7.66. The molecule has 1 aliphatic heterocycles. The normalized spacial score (nSPS) is 25.7. The van der Waals surface area contributed by atoms with Gasteiger partial charge < -0.3 is 19.7 Å². The van der Waals surface area contributed by atoms with Crippen LogP contribution in [0, 0.1) is 31.0 Å². The summed E-state index contributed by atoms with van der Waals surface area (Å²) in [5.41, 5.74) is 1.97. The van der Waals surface area contributed by atoms with E-state index in [0.29, 0.717) is 0 Å². The summed E-state index contributed by atoms with van der Waals surface area (Å²) in [5, 5.41) is 17.2. The first kappa shape index (κ1) is 12.3. The third-order valence-corrected chi connectivity index (χ3v) is 2.58. The lowest BCUT2D eigenvalue weighted by atomic mass is 10.1. The fourth-order valence-corrected chi connectivity index (χ4v) is 1.67. The van der Waals surface area contributed by atoms with Gasteiger partial charge in [0.2, 0.25) is 0 Å². The molecule has 1 aliphatic rings. The van der Waals surface area contributed by atoms with Crippen molar-refractivity contribution in [1.29, 1.82) is 0 Å². The van der Waals surface area contributed by atoms with E-state index >= 15 is 0 Å². The molecule has 2 rings (SSSR count). The summed E-state index contributed by atoms with van der Waals surface area (Å²) in [4.78, 5) is 0. The summed E-state index contributed by atoms with van der Waals surface area (Å²) in [6.45, 7) is 1.99. The topological polar surface area (TPSA) is 58.9 Å². The van der Waals surface area contributed by atoms with Crippen molar-refractivity contribution in [3.8, 4) is 24.1 Å². The molecule has 1 saturated heterocycles. The predicted molar refractivity (Wildman–Crippen MR) is 63.1 cm³/mol. The van der Waals surface area contributed by atoms with Gasteiger partial charge in [0.1, 0.15) is 12.2 Å². The van der Waals surface area contributed by atoms with E-state index in [1.54, 1.807) is 12.2 Å². The van der Waals surface area contributed by atoms with Crippen LogP contribution in [0.15, 0.2) is 24.3 Å². The second-order valence-electron chi connectivity index (χ2n) is 3.87. The van der Waals surface area contributed by atoms with E-state index in [1.807, 2.05) is 31.2 Å². The Balaban J connectivity index is 2.18. The molecular weight excluding hydrogens is 232 g/mol. The molecular formula is C14H12O4. The largest absolute Gasteiger partial charge is 0.462 e. The zero-order valence-corrected chi connectivity index (χ0v) is 9.75. The van der Waals surface area contributed by atoms with Crippen LogP contribution in [-0.4, -0.2) is 22.4 Å². The van der Waals surface area contributed by atoms with Crippen molar-refractivity contribution in [3.63, 3.8) is 0 Å². The fourth-order valence-electron chi connectivity index (χ4n) is 1.67. The van der Waals surface area contributed by atoms with E-state index in [4.69, 9.17) is 19.7 Å². The van der Waals surface area contributed by atoms with Crippen LogP contribution < -0.4 is 0 Å². The number of aryl methyl sites for hydroxylation is 1. The monoisotopic (exact) mass is 244 g/mol. The van der Waals surface area contributed by atoms with Crippen LogP contribution in [0.5, 0.6) is 0 Å². The first-order valence-electron chi connectivity index (χ1n) is 5.41. The van der Waals surface area contributed by atoms with E-state index in [-0.39, 0.29) is 0 Å². The molecule has 1 aromatic carbocycles. The quantitative estimate of drug-likeness (QED) is 0.734. The predicted octanol–water partition coefficient (Wildman–Crippen LogP) is 1.44. The third-order valence-electron chi connectivity index (χ3n) is 2.58. The molecule has 0 saturated carbocycles. The van der Waals surface area contributed by atoms with Crippen molar-refractivity contribution in [1.82, 2.24) is 0 Å². The van der Waals surface area contributed by atoms with Gasteiger partial charge in [-0.3, -0.25) is 0 Å². The second-order valence-corrected chi connectivity index (χ2v) is 3.87. The molecule has 1 heterocycles. The van der Waals surface area contributed by atoms with E-state index < -0.39 is 18.5 Å². The number of benzene rings is 1. The highest BCUT2D eigenvalue weighted by molar-refractivity contribution is 5.24. The van der Waals surface area contributed by atoms with Crippen molar-refractivity contribution >= 4 is 0 Å². The Morgan fingerprint density at radius 2 is 1.44 bits per heavy atom. The lowest BCUT2D eigenvalue weighted by molar-refractivity contribution is -0.0582. The van der Waals surface area contributed by atoms with Gasteiger partial charge in [-0.25, -0.2) is 0 Å². The van der Waals surface area contributed by atoms with Crippen molar-refractivity contribution < 1.29 is 19.7 Å². The van der Waals surface area contributed by atoms with Crippen LogP contribution >= 0.6 is 0 Å². The van der Waals surface area contributed by atoms with Crippen LogP contribution in [0.3, 0.4) is 0 Å². The minimum atomic E-state index is -0.680. The van der Waals surface area contributed by atoms with Gasteiger partial charge >= 0.3 is 0 Å². The Morgan fingerprint density at radius 3 is 1.89 bits per heavy atom. The van der Waals surface area contributed by atoms with E-state index in [9.17, 15) is 0 Å². The zero-order chi connectivity index (χ0) is 13.0. The summed E-state index contributed by atoms with van der Waals surface area (Å²) in [7, 11) is 0. The maximum absolute atomic E-state index is 8.60. The molecule has 18 heavy (non-hydrogen) atoms. The molecule has 0 spiro atoms. The number of hydrogen-bond donors (Lipinski definition) is 2. The average molecular weight is 244 g/mol. The lowest BCUT2D eigenvalue weighted by Crippen LogP contribution is -2.18. The number of rotatable bonds is 1. The van der Waals surface area contributed by atoms with E-state index in [2.05, 4.69) is 11.8 Å². The Labute approximate surface area is 105 Å². The first-order chi connectivity index (χ1) is 8.74. The van der Waals surface area contributed by atoms with Crippen molar-refractivity contribution in [2.75, 3.05) is 0 Å². The molecule has 4 nitrogen and oxygen atoms in total. The maximum Gasteiger partial charge on any atom is 0.187 e. The van der Waals surface area contributed by atoms with Gasteiger partial charge in [0.05, 0.1) is 0 Å². The average Bonchev–Trinajstić information content (AvgIpc) is 2.75. The Morgan fingerprint density at radius 1 is 0.944 bits per heavy atom. The standard InChI is InChI=1S/C14H12O4/c1-10-2-4-11(5-3-10)14-17-12(6-8-15)13(18-14)7-9-16/h2-5,12-16H,1H3. The highest BCUT2D eigenvalue weighted by atomic mass is 16.7. The molecule has 1 aromatic rings. The summed E-state index contributed by atoms with van der Waals surface area (Å²) in [5.74, 6) is 4.87. The van der Waals surface area contributed by atoms with Crippen molar-refractivity contribution in [2.45, 2.75) is 25.4 Å². The molecule has 2 atom stereocenters. The van der Waals surface area contributed by atoms with Crippen LogP contribution in [0.1, 0.15) is 17.4 Å². The van der Waals surface area contributed by atoms with Gasteiger partial charge in [-0.05, 0) is 18.8 Å². The van der Waals surface area contributed by atoms with Gasteiger partial charge in [0.15, 0.2) is 18.5 Å². The van der Waals surface area contributed by atoms with E-state index in [0.717, 1.165) is 11.1 Å². The highest BCUT2D eigenvalue weighted by Crippen LogP contribution is 2.30. The molecule has 1 fully saturated rings. The smallest absolute Gasteiger partial charge is 0.187 e. The maximum atomic E-state index is 8.60. The Bertz CT molecular complexity index is 499. The van der Waals surface area contributed by atoms with Gasteiger partial charge in [0.25, 0.3) is 0 Å². The number of ether oxygens (including phenoxy) is 2. The Kier molecular flexibility index (Phi) is 3.74. The van der Waals surface area contributed by atoms with Crippen LogP contribution in [0.4, 0.5) is 0 Å². The Hall–Kier alpha value is -2.14. The SMILES string of the molecule is Cc1ccc(C2OC(C#CO)C(C#CO)O2)cc1.